The molecule has 0 amide bonds. The maximum atomic E-state index is 13.5. The molecular weight excluding hydrogens is 385 g/mol. The molecule has 0 fully saturated rings. The van der Waals surface area contributed by atoms with E-state index in [1.807, 2.05) is 0 Å². The highest BCUT2D eigenvalue weighted by Gasteiger charge is 2.07. The third kappa shape index (κ3) is 5.83. The lowest BCUT2D eigenvalue weighted by atomic mass is 10.2. The molecule has 0 atom stereocenters. The first-order valence-corrected chi connectivity index (χ1v) is 9.24. The zero-order valence-electron chi connectivity index (χ0n) is 13.4. The first-order valence-electron chi connectivity index (χ1n) is 7.32. The fourth-order valence-electron chi connectivity index (χ4n) is 1.90. The normalized spacial score (nSPS) is 11.5. The Bertz CT molecular complexity index is 893. The summed E-state index contributed by atoms with van der Waals surface area (Å²) >= 11 is 5.84. The average Bonchev–Trinajstić information content (AvgIpc) is 2.58. The van der Waals surface area contributed by atoms with Crippen LogP contribution in [0.25, 0.3) is 6.08 Å². The van der Waals surface area contributed by atoms with Gasteiger partial charge in [0.05, 0.1) is 9.92 Å². The monoisotopic (exact) mass is 399 g/mol. The number of benzene rings is 2. The average molecular weight is 400 g/mol. The fourth-order valence-corrected chi connectivity index (χ4v) is 2.64. The minimum atomic E-state index is -3.76. The number of sulfonamides is 1. The van der Waals surface area contributed by atoms with E-state index < -0.39 is 21.8 Å². The largest absolute Gasteiger partial charge is 0.490 e. The van der Waals surface area contributed by atoms with Crippen molar-refractivity contribution in [2.45, 2.75) is 4.90 Å². The van der Waals surface area contributed by atoms with E-state index in [1.54, 1.807) is 0 Å². The van der Waals surface area contributed by atoms with Gasteiger partial charge in [-0.1, -0.05) is 17.7 Å². The first kappa shape index (κ1) is 19.9. The van der Waals surface area contributed by atoms with E-state index in [4.69, 9.17) is 26.2 Å². The smallest absolute Gasteiger partial charge is 0.330 e. The Morgan fingerprint density at radius 3 is 2.46 bits per heavy atom. The van der Waals surface area contributed by atoms with Crippen LogP contribution in [0.5, 0.6) is 5.75 Å². The van der Waals surface area contributed by atoms with Gasteiger partial charge in [-0.25, -0.2) is 22.7 Å². The van der Waals surface area contributed by atoms with Crippen molar-refractivity contribution < 1.29 is 27.1 Å². The number of carbonyl (C=O) groups is 1. The van der Waals surface area contributed by atoms with E-state index in [0.29, 0.717) is 5.75 Å². The van der Waals surface area contributed by atoms with E-state index in [0.717, 1.165) is 6.08 Å². The molecule has 2 aromatic rings. The van der Waals surface area contributed by atoms with Crippen molar-refractivity contribution >= 4 is 33.7 Å². The highest BCUT2D eigenvalue weighted by molar-refractivity contribution is 7.89. The van der Waals surface area contributed by atoms with Crippen LogP contribution in [0.15, 0.2) is 53.4 Å². The highest BCUT2D eigenvalue weighted by atomic mass is 35.5. The van der Waals surface area contributed by atoms with Gasteiger partial charge >= 0.3 is 5.97 Å². The molecule has 2 rings (SSSR count). The molecule has 9 heteroatoms. The second-order valence-electron chi connectivity index (χ2n) is 5.00. The molecule has 0 heterocycles. The molecule has 138 valence electrons. The molecule has 6 nitrogen and oxygen atoms in total. The van der Waals surface area contributed by atoms with E-state index in [-0.39, 0.29) is 28.7 Å². The molecular formula is C17H15ClFNO5S. The molecule has 0 aliphatic rings. The molecule has 0 bridgehead atoms. The maximum Gasteiger partial charge on any atom is 0.330 e. The second kappa shape index (κ2) is 8.79. The van der Waals surface area contributed by atoms with Gasteiger partial charge in [0, 0.05) is 11.6 Å². The van der Waals surface area contributed by atoms with Crippen molar-refractivity contribution in [3.63, 3.8) is 0 Å². The number of halogens is 2. The van der Waals surface area contributed by atoms with Crippen LogP contribution in [-0.4, -0.2) is 27.6 Å². The quantitative estimate of drug-likeness (QED) is 0.438. The summed E-state index contributed by atoms with van der Waals surface area (Å²) in [4.78, 5) is 11.6. The van der Waals surface area contributed by atoms with Gasteiger partial charge in [0.1, 0.15) is 24.8 Å². The van der Waals surface area contributed by atoms with Crippen molar-refractivity contribution in [2.24, 2.45) is 5.14 Å². The summed E-state index contributed by atoms with van der Waals surface area (Å²) in [5.41, 5.74) is 0.0947. The minimum Gasteiger partial charge on any atom is -0.490 e. The number of hydrogen-bond donors (Lipinski definition) is 1. The molecule has 2 N–H and O–H groups in total. The zero-order valence-corrected chi connectivity index (χ0v) is 15.0. The van der Waals surface area contributed by atoms with Gasteiger partial charge < -0.3 is 9.47 Å². The summed E-state index contributed by atoms with van der Waals surface area (Å²) in [7, 11) is -3.76. The highest BCUT2D eigenvalue weighted by Crippen LogP contribution is 2.20. The Labute approximate surface area is 155 Å². The van der Waals surface area contributed by atoms with Crippen LogP contribution in [0, 0.1) is 5.82 Å². The molecule has 26 heavy (non-hydrogen) atoms. The molecule has 0 radical (unpaired) electrons. The van der Waals surface area contributed by atoms with Crippen LogP contribution in [0.2, 0.25) is 5.02 Å². The lowest BCUT2D eigenvalue weighted by Crippen LogP contribution is -2.12. The van der Waals surface area contributed by atoms with Crippen LogP contribution in [0.3, 0.4) is 0 Å². The number of esters is 1. The molecule has 0 aromatic heterocycles. The maximum absolute atomic E-state index is 13.5. The standard InChI is InChI=1S/C17H15ClFNO5S/c18-15-2-1-3-16(19)14(15)8-9-17(21)25-11-10-24-12-4-6-13(7-5-12)26(20,22)23/h1-9H,10-11H2,(H2,20,22,23)/b9-8+. The summed E-state index contributed by atoms with van der Waals surface area (Å²) in [5, 5.41) is 5.17. The molecule has 0 aliphatic carbocycles. The number of nitrogens with two attached hydrogens (primary N) is 1. The van der Waals surface area contributed by atoms with Crippen molar-refractivity contribution in [2.75, 3.05) is 13.2 Å². The van der Waals surface area contributed by atoms with E-state index >= 15 is 0 Å². The lowest BCUT2D eigenvalue weighted by Gasteiger charge is -2.07. The Morgan fingerprint density at radius 1 is 1.15 bits per heavy atom. The molecule has 0 saturated carbocycles. The topological polar surface area (TPSA) is 95.7 Å². The van der Waals surface area contributed by atoms with Gasteiger partial charge in [-0.15, -0.1) is 0 Å². The number of hydrogen-bond acceptors (Lipinski definition) is 5. The number of carbonyl (C=O) groups excluding carboxylic acids is 1. The van der Waals surface area contributed by atoms with E-state index in [1.165, 1.54) is 48.5 Å². The van der Waals surface area contributed by atoms with Crippen molar-refractivity contribution in [1.82, 2.24) is 0 Å². The number of primary sulfonamides is 1. The number of ether oxygens (including phenoxy) is 2. The third-order valence-corrected chi connectivity index (χ3v) is 4.39. The molecule has 0 spiro atoms. The van der Waals surface area contributed by atoms with Gasteiger partial charge in [0.15, 0.2) is 0 Å². The van der Waals surface area contributed by atoms with Gasteiger partial charge in [-0.05, 0) is 42.5 Å². The minimum absolute atomic E-state index is 0.0341. The van der Waals surface area contributed by atoms with Crippen LogP contribution < -0.4 is 9.88 Å². The predicted octanol–water partition coefficient (Wildman–Crippen LogP) is 2.76. The van der Waals surface area contributed by atoms with E-state index in [9.17, 15) is 17.6 Å². The molecule has 2 aromatic carbocycles. The summed E-state index contributed by atoms with van der Waals surface area (Å²) in [5.74, 6) is -0.840. The van der Waals surface area contributed by atoms with Crippen LogP contribution in [-0.2, 0) is 19.6 Å². The van der Waals surface area contributed by atoms with Gasteiger partial charge in [0.2, 0.25) is 10.0 Å². The Kier molecular flexibility index (Phi) is 6.73. The molecule has 0 unspecified atom stereocenters. The SMILES string of the molecule is NS(=O)(=O)c1ccc(OCCOC(=O)/C=C/c2c(F)cccc2Cl)cc1. The van der Waals surface area contributed by atoms with Crippen LogP contribution >= 0.6 is 11.6 Å². The Morgan fingerprint density at radius 2 is 1.85 bits per heavy atom. The third-order valence-electron chi connectivity index (χ3n) is 3.13. The summed E-state index contributed by atoms with van der Waals surface area (Å²) in [6.45, 7) is -0.000127. The molecule has 0 aliphatic heterocycles. The Hall–Kier alpha value is -2.42. The van der Waals surface area contributed by atoms with Crippen molar-refractivity contribution in [3.05, 3.63) is 64.9 Å². The van der Waals surface area contributed by atoms with Crippen molar-refractivity contribution in [3.8, 4) is 5.75 Å². The predicted molar refractivity (Wildman–Crippen MR) is 94.7 cm³/mol. The van der Waals surface area contributed by atoms with Gasteiger partial charge in [-0.3, -0.25) is 0 Å². The zero-order chi connectivity index (χ0) is 19.2. The summed E-state index contributed by atoms with van der Waals surface area (Å²) in [6.07, 6.45) is 2.29. The Balaban J connectivity index is 1.79. The van der Waals surface area contributed by atoms with Crippen LogP contribution in [0.4, 0.5) is 4.39 Å². The first-order chi connectivity index (χ1) is 12.3. The van der Waals surface area contributed by atoms with E-state index in [2.05, 4.69) is 0 Å². The summed E-state index contributed by atoms with van der Waals surface area (Å²) < 4.78 is 46.0. The lowest BCUT2D eigenvalue weighted by molar-refractivity contribution is -0.138. The van der Waals surface area contributed by atoms with Crippen LogP contribution in [0.1, 0.15) is 5.56 Å². The number of rotatable bonds is 7. The van der Waals surface area contributed by atoms with Gasteiger partial charge in [0.25, 0.3) is 0 Å². The fraction of sp³-hybridized carbons (Fsp3) is 0.118. The van der Waals surface area contributed by atoms with Gasteiger partial charge in [-0.2, -0.15) is 0 Å². The second-order valence-corrected chi connectivity index (χ2v) is 6.97. The molecule has 0 saturated heterocycles. The summed E-state index contributed by atoms with van der Waals surface area (Å²) in [6, 6.07) is 9.66. The van der Waals surface area contributed by atoms with Crippen molar-refractivity contribution in [1.29, 1.82) is 0 Å².